The lowest BCUT2D eigenvalue weighted by atomic mass is 10.1. The quantitative estimate of drug-likeness (QED) is 0.756. The summed E-state index contributed by atoms with van der Waals surface area (Å²) in [5, 5.41) is 10.2. The van der Waals surface area contributed by atoms with E-state index in [9.17, 15) is 4.79 Å². The number of benzene rings is 1. The molecule has 0 saturated carbocycles. The van der Waals surface area contributed by atoms with Crippen molar-refractivity contribution in [1.29, 1.82) is 0 Å². The summed E-state index contributed by atoms with van der Waals surface area (Å²) < 4.78 is 11.1. The van der Waals surface area contributed by atoms with Crippen molar-refractivity contribution in [3.63, 3.8) is 0 Å². The van der Waals surface area contributed by atoms with Gasteiger partial charge in [0.2, 0.25) is 0 Å². The number of nitrogens with one attached hydrogen (secondary N) is 1. The minimum absolute atomic E-state index is 0.0728. The number of nitrogens with zero attached hydrogens (tertiary/aromatic N) is 2. The van der Waals surface area contributed by atoms with Crippen molar-refractivity contribution in [3.8, 4) is 22.8 Å². The first-order valence-electron chi connectivity index (χ1n) is 6.69. The van der Waals surface area contributed by atoms with Crippen molar-refractivity contribution in [2.75, 3.05) is 13.7 Å². The van der Waals surface area contributed by atoms with E-state index in [2.05, 4.69) is 22.3 Å². The molecule has 0 aliphatic heterocycles. The fourth-order valence-corrected chi connectivity index (χ4v) is 1.92. The molecule has 0 spiro atoms. The van der Waals surface area contributed by atoms with Crippen LogP contribution in [0.3, 0.4) is 0 Å². The Morgan fingerprint density at radius 3 is 2.86 bits per heavy atom. The minimum atomic E-state index is -0.652. The van der Waals surface area contributed by atoms with Crippen molar-refractivity contribution in [3.05, 3.63) is 23.9 Å². The highest BCUT2D eigenvalue weighted by Gasteiger charge is 2.21. The highest BCUT2D eigenvalue weighted by atomic mass is 16.5. The zero-order valence-corrected chi connectivity index (χ0v) is 12.0. The van der Waals surface area contributed by atoms with Crippen LogP contribution in [0, 0.1) is 0 Å². The SMILES string of the molecule is CCCCOc1c(OC)cccc1-c1n[nH]nc1C(N)=O. The number of unbranched alkanes of at least 4 members (excludes halogenated alkanes) is 1. The van der Waals surface area contributed by atoms with E-state index in [0.717, 1.165) is 12.8 Å². The van der Waals surface area contributed by atoms with Gasteiger partial charge in [-0.2, -0.15) is 15.4 Å². The van der Waals surface area contributed by atoms with Gasteiger partial charge in [0, 0.05) is 0 Å². The average molecular weight is 290 g/mol. The fourth-order valence-electron chi connectivity index (χ4n) is 1.92. The number of para-hydroxylation sites is 1. The Kier molecular flexibility index (Phi) is 4.76. The number of nitrogens with two attached hydrogens (primary N) is 1. The summed E-state index contributed by atoms with van der Waals surface area (Å²) in [7, 11) is 1.56. The van der Waals surface area contributed by atoms with Gasteiger partial charge in [0.25, 0.3) is 5.91 Å². The molecule has 0 fully saturated rings. The number of hydrogen-bond acceptors (Lipinski definition) is 5. The van der Waals surface area contributed by atoms with Crippen molar-refractivity contribution >= 4 is 5.91 Å². The van der Waals surface area contributed by atoms with Crippen LogP contribution in [0.25, 0.3) is 11.3 Å². The number of carbonyl (C=O) groups excluding carboxylic acids is 1. The Hall–Kier alpha value is -2.57. The molecular formula is C14H18N4O3. The third-order valence-electron chi connectivity index (χ3n) is 2.98. The van der Waals surface area contributed by atoms with Crippen LogP contribution >= 0.6 is 0 Å². The van der Waals surface area contributed by atoms with Crippen LogP contribution in [-0.4, -0.2) is 35.0 Å². The molecular weight excluding hydrogens is 272 g/mol. The summed E-state index contributed by atoms with van der Waals surface area (Å²) >= 11 is 0. The number of H-pyrrole nitrogens is 1. The molecule has 0 unspecified atom stereocenters. The van der Waals surface area contributed by atoms with Gasteiger partial charge in [-0.1, -0.05) is 19.4 Å². The van der Waals surface area contributed by atoms with E-state index < -0.39 is 5.91 Å². The van der Waals surface area contributed by atoms with Gasteiger partial charge in [0.1, 0.15) is 5.69 Å². The zero-order valence-electron chi connectivity index (χ0n) is 12.0. The topological polar surface area (TPSA) is 103 Å². The molecule has 0 radical (unpaired) electrons. The monoisotopic (exact) mass is 290 g/mol. The summed E-state index contributed by atoms with van der Waals surface area (Å²) in [5.74, 6) is 0.452. The molecule has 2 rings (SSSR count). The van der Waals surface area contributed by atoms with E-state index in [-0.39, 0.29) is 5.69 Å². The standard InChI is InChI=1S/C14H18N4O3/c1-3-4-8-21-13-9(6-5-7-10(13)20-2)11-12(14(15)19)17-18-16-11/h5-7H,3-4,8H2,1-2H3,(H2,15,19)(H,16,17,18). The number of amides is 1. The van der Waals surface area contributed by atoms with Crippen LogP contribution in [-0.2, 0) is 0 Å². The van der Waals surface area contributed by atoms with Crippen molar-refractivity contribution in [2.24, 2.45) is 5.73 Å². The van der Waals surface area contributed by atoms with E-state index in [1.54, 1.807) is 25.3 Å². The number of aromatic amines is 1. The highest BCUT2D eigenvalue weighted by Crippen LogP contribution is 2.38. The van der Waals surface area contributed by atoms with Crippen molar-refractivity contribution in [1.82, 2.24) is 15.4 Å². The first kappa shape index (κ1) is 14.8. The molecule has 0 bridgehead atoms. The van der Waals surface area contributed by atoms with E-state index in [1.807, 2.05) is 0 Å². The average Bonchev–Trinajstić information content (AvgIpc) is 2.97. The highest BCUT2D eigenvalue weighted by molar-refractivity contribution is 5.97. The minimum Gasteiger partial charge on any atom is -0.493 e. The Balaban J connectivity index is 2.46. The van der Waals surface area contributed by atoms with E-state index in [0.29, 0.717) is 29.4 Å². The number of primary amides is 1. The lowest BCUT2D eigenvalue weighted by molar-refractivity contribution is 0.0996. The van der Waals surface area contributed by atoms with Crippen LogP contribution in [0.15, 0.2) is 18.2 Å². The maximum absolute atomic E-state index is 11.4. The van der Waals surface area contributed by atoms with Crippen LogP contribution in [0.4, 0.5) is 0 Å². The van der Waals surface area contributed by atoms with Gasteiger partial charge in [-0.15, -0.1) is 0 Å². The summed E-state index contributed by atoms with van der Waals surface area (Å²) in [5.41, 5.74) is 6.35. The predicted octanol–water partition coefficient (Wildman–Crippen LogP) is 1.76. The van der Waals surface area contributed by atoms with Gasteiger partial charge in [-0.3, -0.25) is 4.79 Å². The van der Waals surface area contributed by atoms with Crippen LogP contribution in [0.1, 0.15) is 30.3 Å². The number of aromatic nitrogens is 3. The second-order valence-electron chi connectivity index (χ2n) is 4.42. The summed E-state index contributed by atoms with van der Waals surface area (Å²) in [6, 6.07) is 5.36. The van der Waals surface area contributed by atoms with Gasteiger partial charge in [0.15, 0.2) is 17.2 Å². The predicted molar refractivity (Wildman–Crippen MR) is 77.3 cm³/mol. The van der Waals surface area contributed by atoms with Crippen LogP contribution in [0.2, 0.25) is 0 Å². The molecule has 112 valence electrons. The molecule has 0 aliphatic carbocycles. The second kappa shape index (κ2) is 6.74. The van der Waals surface area contributed by atoms with Gasteiger partial charge < -0.3 is 15.2 Å². The normalized spacial score (nSPS) is 10.4. The van der Waals surface area contributed by atoms with Gasteiger partial charge in [0.05, 0.1) is 19.3 Å². The molecule has 1 aromatic carbocycles. The Morgan fingerprint density at radius 1 is 1.38 bits per heavy atom. The molecule has 0 atom stereocenters. The summed E-state index contributed by atoms with van der Waals surface area (Å²) in [6.45, 7) is 2.63. The molecule has 7 nitrogen and oxygen atoms in total. The van der Waals surface area contributed by atoms with E-state index in [4.69, 9.17) is 15.2 Å². The van der Waals surface area contributed by atoms with Crippen molar-refractivity contribution < 1.29 is 14.3 Å². The molecule has 21 heavy (non-hydrogen) atoms. The van der Waals surface area contributed by atoms with Crippen molar-refractivity contribution in [2.45, 2.75) is 19.8 Å². The third kappa shape index (κ3) is 3.13. The third-order valence-corrected chi connectivity index (χ3v) is 2.98. The Morgan fingerprint density at radius 2 is 2.19 bits per heavy atom. The lowest BCUT2D eigenvalue weighted by Crippen LogP contribution is -2.13. The van der Waals surface area contributed by atoms with Crippen LogP contribution in [0.5, 0.6) is 11.5 Å². The molecule has 2 aromatic rings. The van der Waals surface area contributed by atoms with Gasteiger partial charge in [-0.05, 0) is 18.6 Å². The smallest absolute Gasteiger partial charge is 0.271 e. The molecule has 0 aliphatic rings. The molecule has 7 heteroatoms. The van der Waals surface area contributed by atoms with Gasteiger partial charge in [-0.25, -0.2) is 0 Å². The molecule has 3 N–H and O–H groups in total. The first-order valence-corrected chi connectivity index (χ1v) is 6.69. The van der Waals surface area contributed by atoms with E-state index >= 15 is 0 Å². The Bertz CT molecular complexity index is 624. The number of methoxy groups -OCH3 is 1. The maximum Gasteiger partial charge on any atom is 0.271 e. The number of rotatable bonds is 7. The molecule has 1 amide bonds. The second-order valence-corrected chi connectivity index (χ2v) is 4.42. The maximum atomic E-state index is 11.4. The first-order chi connectivity index (χ1) is 10.2. The van der Waals surface area contributed by atoms with E-state index in [1.165, 1.54) is 0 Å². The fraction of sp³-hybridized carbons (Fsp3) is 0.357. The number of ether oxygens (including phenoxy) is 2. The van der Waals surface area contributed by atoms with Crippen LogP contribution < -0.4 is 15.2 Å². The molecule has 1 heterocycles. The lowest BCUT2D eigenvalue weighted by Gasteiger charge is -2.14. The summed E-state index contributed by atoms with van der Waals surface area (Å²) in [6.07, 6.45) is 1.93. The van der Waals surface area contributed by atoms with Gasteiger partial charge >= 0.3 is 0 Å². The largest absolute Gasteiger partial charge is 0.493 e. The number of hydrogen-bond donors (Lipinski definition) is 2. The Labute approximate surface area is 122 Å². The molecule has 0 saturated heterocycles. The molecule has 1 aromatic heterocycles. The number of carbonyl (C=O) groups is 1. The zero-order chi connectivity index (χ0) is 15.2. The summed E-state index contributed by atoms with van der Waals surface area (Å²) in [4.78, 5) is 11.4.